The third-order valence-electron chi connectivity index (χ3n) is 3.37. The Morgan fingerprint density at radius 1 is 1.24 bits per heavy atom. The highest BCUT2D eigenvalue weighted by Gasteiger charge is 2.19. The van der Waals surface area contributed by atoms with Gasteiger partial charge in [-0.05, 0) is 31.7 Å². The largest absolute Gasteiger partial charge is 0.393 e. The number of hydrogen-bond donors (Lipinski definition) is 2. The molecule has 0 aliphatic heterocycles. The van der Waals surface area contributed by atoms with Crippen molar-refractivity contribution in [1.29, 1.82) is 0 Å². The third kappa shape index (κ3) is 3.45. The number of anilines is 1. The molecule has 1 saturated carbocycles. The zero-order valence-electron chi connectivity index (χ0n) is 10.4. The van der Waals surface area contributed by atoms with Crippen LogP contribution in [0, 0.1) is 0 Å². The number of rotatable bonds is 4. The lowest BCUT2D eigenvalue weighted by atomic mass is 9.93. The van der Waals surface area contributed by atoms with Crippen LogP contribution in [0.15, 0.2) is 24.3 Å². The normalized spacial score (nSPS) is 24.6. The van der Waals surface area contributed by atoms with Gasteiger partial charge < -0.3 is 15.2 Å². The number of aliphatic hydroxyl groups excluding tert-OH is 1. The second-order valence-corrected chi connectivity index (χ2v) is 4.74. The SMILES string of the molecule is COCc1ccccc1NC1CCC(O)CC1. The molecular weight excluding hydrogens is 214 g/mol. The van der Waals surface area contributed by atoms with Crippen LogP contribution in [0.3, 0.4) is 0 Å². The van der Waals surface area contributed by atoms with Crippen molar-refractivity contribution in [2.45, 2.75) is 44.4 Å². The maximum absolute atomic E-state index is 9.48. The van der Waals surface area contributed by atoms with E-state index in [1.807, 2.05) is 12.1 Å². The molecule has 0 amide bonds. The highest BCUT2D eigenvalue weighted by atomic mass is 16.5. The lowest BCUT2D eigenvalue weighted by molar-refractivity contribution is 0.126. The lowest BCUT2D eigenvalue weighted by Crippen LogP contribution is -2.28. The predicted molar refractivity (Wildman–Crippen MR) is 69.0 cm³/mol. The van der Waals surface area contributed by atoms with Crippen molar-refractivity contribution in [2.75, 3.05) is 12.4 Å². The zero-order chi connectivity index (χ0) is 12.1. The van der Waals surface area contributed by atoms with Gasteiger partial charge >= 0.3 is 0 Å². The van der Waals surface area contributed by atoms with E-state index in [9.17, 15) is 5.11 Å². The summed E-state index contributed by atoms with van der Waals surface area (Å²) in [7, 11) is 1.72. The van der Waals surface area contributed by atoms with Crippen LogP contribution in [0.25, 0.3) is 0 Å². The first-order chi connectivity index (χ1) is 8.29. The highest BCUT2D eigenvalue weighted by molar-refractivity contribution is 5.51. The van der Waals surface area contributed by atoms with Crippen molar-refractivity contribution in [3.8, 4) is 0 Å². The van der Waals surface area contributed by atoms with Gasteiger partial charge in [-0.1, -0.05) is 18.2 Å². The molecule has 1 aliphatic carbocycles. The molecule has 0 unspecified atom stereocenters. The molecule has 0 aromatic heterocycles. The summed E-state index contributed by atoms with van der Waals surface area (Å²) in [5.41, 5.74) is 2.36. The molecule has 0 heterocycles. The van der Waals surface area contributed by atoms with Gasteiger partial charge in [-0.15, -0.1) is 0 Å². The van der Waals surface area contributed by atoms with Crippen LogP contribution < -0.4 is 5.32 Å². The minimum Gasteiger partial charge on any atom is -0.393 e. The molecule has 0 saturated heterocycles. The number of methoxy groups -OCH3 is 1. The Labute approximate surface area is 103 Å². The molecular formula is C14H21NO2. The van der Waals surface area contributed by atoms with Crippen molar-refractivity contribution in [2.24, 2.45) is 0 Å². The quantitative estimate of drug-likeness (QED) is 0.842. The smallest absolute Gasteiger partial charge is 0.0733 e. The Bertz CT molecular complexity index is 346. The first-order valence-corrected chi connectivity index (χ1v) is 6.31. The van der Waals surface area contributed by atoms with Crippen molar-refractivity contribution >= 4 is 5.69 Å². The van der Waals surface area contributed by atoms with Crippen LogP contribution in [0.2, 0.25) is 0 Å². The van der Waals surface area contributed by atoms with E-state index in [1.54, 1.807) is 7.11 Å². The first kappa shape index (κ1) is 12.4. The van der Waals surface area contributed by atoms with E-state index in [0.29, 0.717) is 12.6 Å². The minimum absolute atomic E-state index is 0.0951. The van der Waals surface area contributed by atoms with Crippen LogP contribution >= 0.6 is 0 Å². The van der Waals surface area contributed by atoms with Crippen molar-refractivity contribution in [3.63, 3.8) is 0 Å². The molecule has 17 heavy (non-hydrogen) atoms. The molecule has 0 spiro atoms. The second kappa shape index (κ2) is 6.03. The van der Waals surface area contributed by atoms with E-state index in [1.165, 1.54) is 5.56 Å². The fourth-order valence-corrected chi connectivity index (χ4v) is 2.38. The van der Waals surface area contributed by atoms with E-state index < -0.39 is 0 Å². The lowest BCUT2D eigenvalue weighted by Gasteiger charge is -2.27. The van der Waals surface area contributed by atoms with Gasteiger partial charge in [0.15, 0.2) is 0 Å². The van der Waals surface area contributed by atoms with Crippen molar-refractivity contribution < 1.29 is 9.84 Å². The average molecular weight is 235 g/mol. The van der Waals surface area contributed by atoms with Crippen molar-refractivity contribution in [1.82, 2.24) is 0 Å². The third-order valence-corrected chi connectivity index (χ3v) is 3.37. The summed E-state index contributed by atoms with van der Waals surface area (Å²) >= 11 is 0. The molecule has 0 bridgehead atoms. The van der Waals surface area contributed by atoms with Gasteiger partial charge in [0.2, 0.25) is 0 Å². The predicted octanol–water partition coefficient (Wildman–Crippen LogP) is 2.55. The number of para-hydroxylation sites is 1. The van der Waals surface area contributed by atoms with Crippen molar-refractivity contribution in [3.05, 3.63) is 29.8 Å². The maximum Gasteiger partial charge on any atom is 0.0733 e. The van der Waals surface area contributed by atoms with E-state index in [2.05, 4.69) is 17.4 Å². The average Bonchev–Trinajstić information content (AvgIpc) is 2.35. The summed E-state index contributed by atoms with van der Waals surface area (Å²) in [5.74, 6) is 0. The van der Waals surface area contributed by atoms with E-state index >= 15 is 0 Å². The molecule has 3 nitrogen and oxygen atoms in total. The van der Waals surface area contributed by atoms with E-state index in [-0.39, 0.29) is 6.10 Å². The Hall–Kier alpha value is -1.06. The standard InChI is InChI=1S/C14H21NO2/c1-17-10-11-4-2-3-5-14(11)15-12-6-8-13(16)9-7-12/h2-5,12-13,15-16H,6-10H2,1H3. The summed E-state index contributed by atoms with van der Waals surface area (Å²) in [6.07, 6.45) is 3.81. The summed E-state index contributed by atoms with van der Waals surface area (Å²) in [6.45, 7) is 0.637. The fraction of sp³-hybridized carbons (Fsp3) is 0.571. The Balaban J connectivity index is 1.98. The van der Waals surface area contributed by atoms with Gasteiger partial charge in [-0.25, -0.2) is 0 Å². The maximum atomic E-state index is 9.48. The van der Waals surface area contributed by atoms with Gasteiger partial charge in [-0.3, -0.25) is 0 Å². The first-order valence-electron chi connectivity index (χ1n) is 6.31. The zero-order valence-corrected chi connectivity index (χ0v) is 10.4. The van der Waals surface area contributed by atoms with Crippen LogP contribution in [0.5, 0.6) is 0 Å². The van der Waals surface area contributed by atoms with Crippen LogP contribution in [0.4, 0.5) is 5.69 Å². The van der Waals surface area contributed by atoms with Crippen LogP contribution in [-0.2, 0) is 11.3 Å². The Kier molecular flexibility index (Phi) is 4.40. The number of nitrogens with one attached hydrogen (secondary N) is 1. The number of benzene rings is 1. The van der Waals surface area contributed by atoms with E-state index in [0.717, 1.165) is 31.4 Å². The monoisotopic (exact) mass is 235 g/mol. The molecule has 1 aromatic rings. The van der Waals surface area contributed by atoms with Gasteiger partial charge in [0.1, 0.15) is 0 Å². The van der Waals surface area contributed by atoms with Gasteiger partial charge in [-0.2, -0.15) is 0 Å². The van der Waals surface area contributed by atoms with Gasteiger partial charge in [0.05, 0.1) is 12.7 Å². The molecule has 0 radical (unpaired) electrons. The topological polar surface area (TPSA) is 41.5 Å². The molecule has 1 aromatic carbocycles. The Morgan fingerprint density at radius 2 is 1.94 bits per heavy atom. The second-order valence-electron chi connectivity index (χ2n) is 4.74. The summed E-state index contributed by atoms with van der Waals surface area (Å²) in [5, 5.41) is 13.0. The molecule has 1 aliphatic rings. The molecule has 2 N–H and O–H groups in total. The molecule has 3 heteroatoms. The summed E-state index contributed by atoms with van der Waals surface area (Å²) in [4.78, 5) is 0. The van der Waals surface area contributed by atoms with Crippen LogP contribution in [0.1, 0.15) is 31.2 Å². The molecule has 2 rings (SSSR count). The number of ether oxygens (including phenoxy) is 1. The Morgan fingerprint density at radius 3 is 2.65 bits per heavy atom. The fourth-order valence-electron chi connectivity index (χ4n) is 2.38. The minimum atomic E-state index is -0.0951. The summed E-state index contributed by atoms with van der Waals surface area (Å²) < 4.78 is 5.19. The van der Waals surface area contributed by atoms with Gasteiger partial charge in [0.25, 0.3) is 0 Å². The molecule has 1 fully saturated rings. The number of hydrogen-bond acceptors (Lipinski definition) is 3. The molecule has 94 valence electrons. The highest BCUT2D eigenvalue weighted by Crippen LogP contribution is 2.24. The summed E-state index contributed by atoms with van der Waals surface area (Å²) in [6, 6.07) is 8.74. The van der Waals surface area contributed by atoms with Crippen LogP contribution in [-0.4, -0.2) is 24.4 Å². The van der Waals surface area contributed by atoms with E-state index in [4.69, 9.17) is 4.74 Å². The molecule has 0 atom stereocenters. The number of aliphatic hydroxyl groups is 1. The van der Waals surface area contributed by atoms with Gasteiger partial charge in [0, 0.05) is 24.4 Å².